The Balaban J connectivity index is 2.68. The van der Waals surface area contributed by atoms with E-state index in [1.807, 2.05) is 6.92 Å². The number of hydrogen-bond donors (Lipinski definition) is 0. The van der Waals surface area contributed by atoms with Crippen molar-refractivity contribution in [2.24, 2.45) is 0 Å². The molecule has 0 bridgehead atoms. The number of rotatable bonds is 5. The molecule has 1 atom stereocenters. The fourth-order valence-corrected chi connectivity index (χ4v) is 3.54. The maximum absolute atomic E-state index is 13.3. The molecule has 0 amide bonds. The number of benzene rings is 1. The number of carbonyl (C=O) groups excluding carboxylic acids is 1. The van der Waals surface area contributed by atoms with Crippen LogP contribution in [-0.2, 0) is 25.5 Å². The van der Waals surface area contributed by atoms with Gasteiger partial charge in [-0.2, -0.15) is 13.2 Å². The second-order valence-corrected chi connectivity index (χ2v) is 6.67. The zero-order chi connectivity index (χ0) is 20.4. The van der Waals surface area contributed by atoms with Crippen molar-refractivity contribution < 1.29 is 32.5 Å². The molecule has 0 saturated heterocycles. The number of methoxy groups -OCH3 is 1. The summed E-state index contributed by atoms with van der Waals surface area (Å²) in [5, 5.41) is -0.405. The molecular formula is C19H20ClF3O4. The molecule has 1 aliphatic carbocycles. The summed E-state index contributed by atoms with van der Waals surface area (Å²) in [5.74, 6) is -1.34. The minimum atomic E-state index is -4.62. The third-order valence-electron chi connectivity index (χ3n) is 4.54. The normalized spacial score (nSPS) is 18.1. The quantitative estimate of drug-likeness (QED) is 0.292. The molecule has 4 nitrogen and oxygen atoms in total. The minimum Gasteiger partial charge on any atom is -0.466 e. The van der Waals surface area contributed by atoms with Crippen molar-refractivity contribution in [3.63, 3.8) is 0 Å². The molecule has 27 heavy (non-hydrogen) atoms. The standard InChI is InChI=1S/C19H20ClF3O4/c1-10-7-11(2)16(18(24)25-3)17(13(10)9-27-26-4)12-5-6-15(20)14(8-12)19(21,22)23/h5-6,8,17H,7,9H2,1-4H3. The van der Waals surface area contributed by atoms with Gasteiger partial charge in [0.1, 0.15) is 6.61 Å². The molecular weight excluding hydrogens is 385 g/mol. The van der Waals surface area contributed by atoms with Crippen LogP contribution in [0.25, 0.3) is 0 Å². The average Bonchev–Trinajstić information content (AvgIpc) is 2.59. The van der Waals surface area contributed by atoms with Gasteiger partial charge in [0.2, 0.25) is 0 Å². The molecule has 2 rings (SSSR count). The third-order valence-corrected chi connectivity index (χ3v) is 4.87. The maximum atomic E-state index is 13.3. The van der Waals surface area contributed by atoms with Crippen molar-refractivity contribution in [3.05, 3.63) is 56.6 Å². The Labute approximate surface area is 160 Å². The smallest absolute Gasteiger partial charge is 0.417 e. The molecule has 0 fully saturated rings. The number of esters is 1. The minimum absolute atomic E-state index is 0.00471. The van der Waals surface area contributed by atoms with Gasteiger partial charge in [-0.3, -0.25) is 0 Å². The Hall–Kier alpha value is -1.83. The van der Waals surface area contributed by atoms with Crippen LogP contribution in [0.15, 0.2) is 40.5 Å². The van der Waals surface area contributed by atoms with E-state index in [1.54, 1.807) is 6.92 Å². The molecule has 0 N–H and O–H groups in total. The van der Waals surface area contributed by atoms with Crippen molar-refractivity contribution in [1.82, 2.24) is 0 Å². The fourth-order valence-electron chi connectivity index (χ4n) is 3.31. The summed E-state index contributed by atoms with van der Waals surface area (Å²) in [7, 11) is 2.57. The van der Waals surface area contributed by atoms with Crippen molar-refractivity contribution in [2.45, 2.75) is 32.4 Å². The third kappa shape index (κ3) is 4.54. The Kier molecular flexibility index (Phi) is 6.72. The van der Waals surface area contributed by atoms with Gasteiger partial charge >= 0.3 is 12.1 Å². The first-order chi connectivity index (χ1) is 12.6. The highest BCUT2D eigenvalue weighted by atomic mass is 35.5. The number of allylic oxidation sites excluding steroid dienone is 2. The average molecular weight is 405 g/mol. The fraction of sp³-hybridized carbons (Fsp3) is 0.421. The van der Waals surface area contributed by atoms with Crippen LogP contribution in [0.1, 0.15) is 37.3 Å². The molecule has 1 aromatic rings. The SMILES string of the molecule is COOCC1=C(C)CC(C)=C(C(=O)OC)C1c1ccc(Cl)c(C(F)(F)F)c1. The largest absolute Gasteiger partial charge is 0.466 e. The highest BCUT2D eigenvalue weighted by Crippen LogP contribution is 2.44. The van der Waals surface area contributed by atoms with Gasteiger partial charge in [-0.1, -0.05) is 28.8 Å². The van der Waals surface area contributed by atoms with E-state index < -0.39 is 28.6 Å². The lowest BCUT2D eigenvalue weighted by Crippen LogP contribution is -2.24. The molecule has 0 aliphatic heterocycles. The summed E-state index contributed by atoms with van der Waals surface area (Å²) in [6.45, 7) is 3.61. The molecule has 0 saturated carbocycles. The van der Waals surface area contributed by atoms with E-state index in [4.69, 9.17) is 21.2 Å². The topological polar surface area (TPSA) is 44.8 Å². The first-order valence-electron chi connectivity index (χ1n) is 8.10. The van der Waals surface area contributed by atoms with E-state index >= 15 is 0 Å². The Bertz CT molecular complexity index is 797. The monoisotopic (exact) mass is 404 g/mol. The van der Waals surface area contributed by atoms with Crippen molar-refractivity contribution >= 4 is 17.6 Å². The summed E-state index contributed by atoms with van der Waals surface area (Å²) < 4.78 is 44.9. The van der Waals surface area contributed by atoms with Gasteiger partial charge in [-0.15, -0.1) is 0 Å². The van der Waals surface area contributed by atoms with Crippen LogP contribution in [0.3, 0.4) is 0 Å². The van der Waals surface area contributed by atoms with Gasteiger partial charge in [0, 0.05) is 11.5 Å². The van der Waals surface area contributed by atoms with E-state index in [0.717, 1.165) is 17.2 Å². The van der Waals surface area contributed by atoms with E-state index in [9.17, 15) is 18.0 Å². The summed E-state index contributed by atoms with van der Waals surface area (Å²) in [6.07, 6.45) is -4.13. The van der Waals surface area contributed by atoms with Gasteiger partial charge in [0.15, 0.2) is 0 Å². The number of halogens is 4. The van der Waals surface area contributed by atoms with Crippen molar-refractivity contribution in [2.75, 3.05) is 20.8 Å². The van der Waals surface area contributed by atoms with Gasteiger partial charge in [-0.25, -0.2) is 14.6 Å². The lowest BCUT2D eigenvalue weighted by molar-refractivity contribution is -0.265. The maximum Gasteiger partial charge on any atom is 0.417 e. The van der Waals surface area contributed by atoms with E-state index in [0.29, 0.717) is 17.6 Å². The van der Waals surface area contributed by atoms with E-state index in [2.05, 4.69) is 4.89 Å². The van der Waals surface area contributed by atoms with Crippen LogP contribution in [0, 0.1) is 0 Å². The van der Waals surface area contributed by atoms with Crippen LogP contribution < -0.4 is 0 Å². The number of carbonyl (C=O) groups is 1. The van der Waals surface area contributed by atoms with Gasteiger partial charge in [-0.05, 0) is 43.5 Å². The van der Waals surface area contributed by atoms with Crippen LogP contribution in [-0.4, -0.2) is 26.8 Å². The van der Waals surface area contributed by atoms with Crippen LogP contribution in [0.2, 0.25) is 5.02 Å². The second-order valence-electron chi connectivity index (χ2n) is 6.27. The van der Waals surface area contributed by atoms with Crippen LogP contribution >= 0.6 is 11.6 Å². The molecule has 148 valence electrons. The number of hydrogen-bond acceptors (Lipinski definition) is 4. The van der Waals surface area contributed by atoms with Crippen LogP contribution in [0.5, 0.6) is 0 Å². The highest BCUT2D eigenvalue weighted by molar-refractivity contribution is 6.31. The molecule has 0 aromatic heterocycles. The summed E-state index contributed by atoms with van der Waals surface area (Å²) in [6, 6.07) is 3.63. The van der Waals surface area contributed by atoms with Crippen LogP contribution in [0.4, 0.5) is 13.2 Å². The molecule has 1 aliphatic rings. The molecule has 0 heterocycles. The van der Waals surface area contributed by atoms with Crippen molar-refractivity contribution in [3.8, 4) is 0 Å². The number of alkyl halides is 3. The predicted molar refractivity (Wildman–Crippen MR) is 94.2 cm³/mol. The van der Waals surface area contributed by atoms with Gasteiger partial charge in [0.25, 0.3) is 0 Å². The second kappa shape index (κ2) is 8.46. The van der Waals surface area contributed by atoms with E-state index in [1.165, 1.54) is 26.4 Å². The lowest BCUT2D eigenvalue weighted by Gasteiger charge is -2.31. The summed E-state index contributed by atoms with van der Waals surface area (Å²) in [4.78, 5) is 22.1. The van der Waals surface area contributed by atoms with E-state index in [-0.39, 0.29) is 12.2 Å². The first kappa shape index (κ1) is 21.5. The highest BCUT2D eigenvalue weighted by Gasteiger charge is 2.37. The Morgan fingerprint density at radius 3 is 2.44 bits per heavy atom. The number of ether oxygens (including phenoxy) is 1. The zero-order valence-electron chi connectivity index (χ0n) is 15.4. The van der Waals surface area contributed by atoms with Gasteiger partial charge < -0.3 is 4.74 Å². The molecule has 1 unspecified atom stereocenters. The summed E-state index contributed by atoms with van der Waals surface area (Å²) in [5.41, 5.74) is 1.89. The summed E-state index contributed by atoms with van der Waals surface area (Å²) >= 11 is 5.74. The molecule has 1 aromatic carbocycles. The van der Waals surface area contributed by atoms with Gasteiger partial charge in [0.05, 0.1) is 24.8 Å². The Morgan fingerprint density at radius 2 is 1.89 bits per heavy atom. The zero-order valence-corrected chi connectivity index (χ0v) is 16.1. The molecule has 0 radical (unpaired) electrons. The van der Waals surface area contributed by atoms with Crippen molar-refractivity contribution in [1.29, 1.82) is 0 Å². The first-order valence-corrected chi connectivity index (χ1v) is 8.48. The predicted octanol–water partition coefficient (Wildman–Crippen LogP) is 5.23. The molecule has 8 heteroatoms. The lowest BCUT2D eigenvalue weighted by atomic mass is 9.75. The Morgan fingerprint density at radius 1 is 1.22 bits per heavy atom. The molecule has 0 spiro atoms.